The molecule has 3 rings (SSSR count). The lowest BCUT2D eigenvalue weighted by Gasteiger charge is -1.99. The average molecular weight is 324 g/mol. The molecule has 3 aromatic rings. The molecule has 0 fully saturated rings. The number of benzene rings is 1. The van der Waals surface area contributed by atoms with Crippen molar-refractivity contribution in [3.63, 3.8) is 0 Å². The van der Waals surface area contributed by atoms with E-state index >= 15 is 0 Å². The molecule has 5 nitrogen and oxygen atoms in total. The second-order valence-corrected chi connectivity index (χ2v) is 3.91. The van der Waals surface area contributed by atoms with Crippen LogP contribution in [0.4, 0.5) is 0 Å². The molecule has 6 heteroatoms. The first-order valence-corrected chi connectivity index (χ1v) is 5.31. The fourth-order valence-corrected chi connectivity index (χ4v) is 1.79. The summed E-state index contributed by atoms with van der Waals surface area (Å²) in [7, 11) is 0. The van der Waals surface area contributed by atoms with Crippen LogP contribution in [0.2, 0.25) is 0 Å². The number of phenolic OH excluding ortho intramolecular Hbond substituents is 3. The quantitative estimate of drug-likeness (QED) is 0.421. The predicted molar refractivity (Wildman–Crippen MR) is 64.5 cm³/mol. The zero-order chi connectivity index (χ0) is 12.7. The fourth-order valence-electron chi connectivity index (χ4n) is 1.79. The predicted octanol–water partition coefficient (Wildman–Crippen LogP) is -0.399. The van der Waals surface area contributed by atoms with Crippen LogP contribution in [-0.2, 0) is 0 Å². The number of aromatic nitrogens is 1. The van der Waals surface area contributed by atoms with Gasteiger partial charge in [-0.15, -0.1) is 0 Å². The van der Waals surface area contributed by atoms with Gasteiger partial charge in [0.1, 0.15) is 5.52 Å². The molecule has 19 heavy (non-hydrogen) atoms. The van der Waals surface area contributed by atoms with Crippen LogP contribution in [-0.4, -0.2) is 19.9 Å². The van der Waals surface area contributed by atoms with E-state index in [1.807, 2.05) is 18.2 Å². The molecule has 2 aromatic heterocycles. The summed E-state index contributed by atoms with van der Waals surface area (Å²) in [5.41, 5.74) is 1.33. The number of aromatic hydroxyl groups is 3. The minimum absolute atomic E-state index is 0. The van der Waals surface area contributed by atoms with E-state index in [4.69, 9.17) is 4.52 Å². The van der Waals surface area contributed by atoms with E-state index in [0.717, 1.165) is 5.52 Å². The van der Waals surface area contributed by atoms with E-state index in [-0.39, 0.29) is 17.0 Å². The van der Waals surface area contributed by atoms with Gasteiger partial charge >= 0.3 is 5.76 Å². The minimum Gasteiger partial charge on any atom is -1.00 e. The maximum atomic E-state index is 9.46. The molecule has 2 heterocycles. The highest BCUT2D eigenvalue weighted by molar-refractivity contribution is 5.69. The molecule has 0 radical (unpaired) electrons. The number of rotatable bonds is 1. The molecule has 0 amide bonds. The number of phenols is 3. The Bertz CT molecular complexity index is 682. The molecule has 0 aliphatic carbocycles. The van der Waals surface area contributed by atoms with Crippen LogP contribution < -0.4 is 17.0 Å². The van der Waals surface area contributed by atoms with Gasteiger partial charge in [0.25, 0.3) is 0 Å². The monoisotopic (exact) mass is 323 g/mol. The van der Waals surface area contributed by atoms with Crippen molar-refractivity contribution in [2.24, 2.45) is 0 Å². The topological polar surface area (TPSA) is 76.4 Å². The number of halogens is 1. The summed E-state index contributed by atoms with van der Waals surface area (Å²) in [6, 6.07) is 9.99. The zero-order valence-corrected chi connectivity index (χ0v) is 11.2. The Balaban J connectivity index is 0.00000133. The second-order valence-electron chi connectivity index (χ2n) is 3.91. The smallest absolute Gasteiger partial charge is 0.406 e. The fraction of sp³-hybridized carbons (Fsp3) is 0. The molecule has 3 N–H and O–H groups in total. The van der Waals surface area contributed by atoms with Crippen molar-refractivity contribution < 1.29 is 36.8 Å². The summed E-state index contributed by atoms with van der Waals surface area (Å²) in [4.78, 5) is 0. The summed E-state index contributed by atoms with van der Waals surface area (Å²) in [6.45, 7) is 0. The molecule has 0 bridgehead atoms. The van der Waals surface area contributed by atoms with Crippen LogP contribution in [0.15, 0.2) is 47.1 Å². The molecule has 0 unspecified atom stereocenters. The Hall–Kier alpha value is -2.21. The lowest BCUT2D eigenvalue weighted by atomic mass is 10.1. The highest BCUT2D eigenvalue weighted by atomic mass is 79.9. The highest BCUT2D eigenvalue weighted by Crippen LogP contribution is 2.39. The van der Waals surface area contributed by atoms with Gasteiger partial charge in [-0.25, -0.2) is 0 Å². The Morgan fingerprint density at radius 1 is 0.947 bits per heavy atom. The van der Waals surface area contributed by atoms with Gasteiger partial charge in [-0.3, -0.25) is 0 Å². The van der Waals surface area contributed by atoms with Gasteiger partial charge in [0.2, 0.25) is 0 Å². The molecule has 0 atom stereocenters. The molecule has 0 saturated carbocycles. The van der Waals surface area contributed by atoms with E-state index in [1.165, 1.54) is 12.1 Å². The van der Waals surface area contributed by atoms with Crippen molar-refractivity contribution in [3.8, 4) is 28.6 Å². The van der Waals surface area contributed by atoms with Crippen LogP contribution in [0, 0.1) is 0 Å². The maximum Gasteiger partial charge on any atom is 0.406 e. The number of fused-ring (bicyclic) bond motifs is 1. The Morgan fingerprint density at radius 3 is 2.26 bits per heavy atom. The molecular formula is C13H10BrNO4. The molecule has 0 spiro atoms. The van der Waals surface area contributed by atoms with Gasteiger partial charge in [0.15, 0.2) is 17.2 Å². The number of hydrogen-bond donors (Lipinski definition) is 3. The largest absolute Gasteiger partial charge is 1.00 e. The van der Waals surface area contributed by atoms with E-state index in [2.05, 4.69) is 0 Å². The van der Waals surface area contributed by atoms with Gasteiger partial charge in [-0.05, 0) is 12.1 Å². The van der Waals surface area contributed by atoms with E-state index in [1.54, 1.807) is 16.8 Å². The van der Waals surface area contributed by atoms with Crippen molar-refractivity contribution in [2.45, 2.75) is 0 Å². The summed E-state index contributed by atoms with van der Waals surface area (Å²) < 4.78 is 7.08. The molecule has 0 aliphatic heterocycles. The van der Waals surface area contributed by atoms with Crippen molar-refractivity contribution in [1.82, 2.24) is 4.57 Å². The Kier molecular flexibility index (Phi) is 3.35. The third-order valence-electron chi connectivity index (χ3n) is 2.68. The number of hydrogen-bond acceptors (Lipinski definition) is 3. The first-order chi connectivity index (χ1) is 8.65. The average Bonchev–Trinajstić information content (AvgIpc) is 2.79. The molecular weight excluding hydrogens is 314 g/mol. The Labute approximate surface area is 118 Å². The van der Waals surface area contributed by atoms with Crippen molar-refractivity contribution in [1.29, 1.82) is 0 Å². The normalized spacial score (nSPS) is 10.3. The zero-order valence-electron chi connectivity index (χ0n) is 9.62. The molecule has 0 aliphatic rings. The molecule has 0 saturated heterocycles. The van der Waals surface area contributed by atoms with Gasteiger partial charge in [0.05, 0.1) is 17.8 Å². The van der Waals surface area contributed by atoms with Crippen LogP contribution in [0.1, 0.15) is 0 Å². The number of pyridine rings is 1. The third-order valence-corrected chi connectivity index (χ3v) is 2.68. The summed E-state index contributed by atoms with van der Waals surface area (Å²) in [5, 5.41) is 28.2. The maximum absolute atomic E-state index is 9.46. The molecule has 98 valence electrons. The first kappa shape index (κ1) is 13.2. The van der Waals surface area contributed by atoms with Crippen LogP contribution in [0.25, 0.3) is 16.8 Å². The van der Waals surface area contributed by atoms with Crippen molar-refractivity contribution >= 4 is 5.52 Å². The van der Waals surface area contributed by atoms with E-state index < -0.39 is 17.2 Å². The van der Waals surface area contributed by atoms with Gasteiger partial charge in [-0.2, -0.15) is 0 Å². The Morgan fingerprint density at radius 2 is 1.63 bits per heavy atom. The van der Waals surface area contributed by atoms with Crippen LogP contribution >= 0.6 is 0 Å². The van der Waals surface area contributed by atoms with Gasteiger partial charge in [0, 0.05) is 16.7 Å². The first-order valence-electron chi connectivity index (χ1n) is 5.31. The summed E-state index contributed by atoms with van der Waals surface area (Å²) >= 11 is 0. The van der Waals surface area contributed by atoms with Crippen molar-refractivity contribution in [2.75, 3.05) is 0 Å². The molecule has 1 aromatic carbocycles. The summed E-state index contributed by atoms with van der Waals surface area (Å²) in [6.07, 6.45) is 1.75. The van der Waals surface area contributed by atoms with Crippen molar-refractivity contribution in [3.05, 3.63) is 42.6 Å². The van der Waals surface area contributed by atoms with E-state index in [9.17, 15) is 15.3 Å². The van der Waals surface area contributed by atoms with Crippen LogP contribution in [0.3, 0.4) is 0 Å². The van der Waals surface area contributed by atoms with Crippen LogP contribution in [0.5, 0.6) is 17.2 Å². The summed E-state index contributed by atoms with van der Waals surface area (Å²) in [5.74, 6) is -0.847. The lowest BCUT2D eigenvalue weighted by molar-refractivity contribution is -0.00000663. The third kappa shape index (κ3) is 2.22. The van der Waals surface area contributed by atoms with E-state index in [0.29, 0.717) is 11.3 Å². The standard InChI is InChI=1S/C13H9NO4.BrH/c15-10-5-8(6-11(16)13(10)17)12-7-9-3-1-2-4-14(9)18-12;/h1-7H,(H2-,15,16,17);1H. The van der Waals surface area contributed by atoms with Gasteiger partial charge in [-0.1, -0.05) is 10.6 Å². The highest BCUT2D eigenvalue weighted by Gasteiger charge is 2.20. The SMILES string of the molecule is Oc1cc(-c2cc3ccccn3[o+]2)cc(O)c1O.[Br-]. The lowest BCUT2D eigenvalue weighted by Crippen LogP contribution is -3.00. The minimum atomic E-state index is -0.539. The second kappa shape index (κ2) is 4.81. The van der Waals surface area contributed by atoms with Gasteiger partial charge < -0.3 is 32.3 Å². The number of nitrogens with zero attached hydrogens (tertiary/aromatic N) is 1.